The van der Waals surface area contributed by atoms with E-state index in [0.29, 0.717) is 105 Å². The Bertz CT molecular complexity index is 7200. The molecule has 2 aliphatic heterocycles. The Hall–Kier alpha value is -15.7. The lowest BCUT2D eigenvalue weighted by atomic mass is 10.1. The summed E-state index contributed by atoms with van der Waals surface area (Å²) >= 11 is 0. The summed E-state index contributed by atoms with van der Waals surface area (Å²) in [6.07, 6.45) is 45.9. The molecule has 708 valence electrons. The maximum atomic E-state index is 12.8. The lowest BCUT2D eigenvalue weighted by molar-refractivity contribution is 0.0539. The van der Waals surface area contributed by atoms with E-state index in [9.17, 15) is 28.8 Å². The molecule has 0 bridgehead atoms. The minimum absolute atomic E-state index is 0. The van der Waals surface area contributed by atoms with Crippen molar-refractivity contribution in [3.05, 3.63) is 296 Å². The third kappa shape index (κ3) is 24.1. The number of ketones is 2. The van der Waals surface area contributed by atoms with Crippen LogP contribution in [0.3, 0.4) is 0 Å². The van der Waals surface area contributed by atoms with E-state index in [2.05, 4.69) is 150 Å². The number of aryl methyl sites for hydroxylation is 4. The highest BCUT2D eigenvalue weighted by Crippen LogP contribution is 2.43. The minimum atomic E-state index is -1.08. The average Bonchev–Trinajstić information content (AvgIpc) is 1.65. The molecule has 0 unspecified atom stereocenters. The smallest absolute Gasteiger partial charge is 0.419 e. The maximum absolute atomic E-state index is 12.8. The van der Waals surface area contributed by atoms with Crippen molar-refractivity contribution in [1.29, 1.82) is 0 Å². The Balaban J connectivity index is 0.000000124. The second-order valence-electron chi connectivity index (χ2n) is 38.0. The molecule has 0 atom stereocenters. The minimum Gasteiger partial charge on any atom is -0.476 e. The van der Waals surface area contributed by atoms with Gasteiger partial charge >= 0.3 is 24.2 Å². The molecule has 17 heterocycles. The predicted molar refractivity (Wildman–Crippen MR) is 516 cm³/mol. The molecule has 7 aliphatic rings. The number of rotatable bonds is 19. The number of carboxylic acid groups (broad SMARTS) is 1. The Morgan fingerprint density at radius 2 is 0.877 bits per heavy atom. The number of imidazole rings is 3. The number of allylic oxidation sites excluding steroid dienone is 1. The molecule has 3 saturated carbocycles. The molecule has 36 nitrogen and oxygen atoms in total. The van der Waals surface area contributed by atoms with Crippen LogP contribution >= 0.6 is 0 Å². The molecule has 0 radical (unpaired) electrons. The number of aromatic nitrogens is 21. The van der Waals surface area contributed by atoms with E-state index < -0.39 is 28.9 Å². The fraction of sp³-hybridized carbons (Fsp3) is 0.373. The molecule has 15 aromatic heterocycles. The molecule has 0 spiro atoms. The van der Waals surface area contributed by atoms with Crippen molar-refractivity contribution < 1.29 is 48.1 Å². The first-order valence-corrected chi connectivity index (χ1v) is 46.0. The van der Waals surface area contributed by atoms with Gasteiger partial charge in [0.2, 0.25) is 0 Å². The van der Waals surface area contributed by atoms with E-state index in [4.69, 9.17) is 38.2 Å². The summed E-state index contributed by atoms with van der Waals surface area (Å²) in [6.45, 7) is 33.2. The van der Waals surface area contributed by atoms with Crippen LogP contribution in [0.15, 0.2) is 172 Å². The van der Waals surface area contributed by atoms with Gasteiger partial charge in [-0.05, 0) is 274 Å². The van der Waals surface area contributed by atoms with Crippen molar-refractivity contribution in [1.82, 2.24) is 103 Å². The van der Waals surface area contributed by atoms with Crippen molar-refractivity contribution in [3.63, 3.8) is 0 Å². The molecule has 5 aliphatic carbocycles. The number of aromatic carboxylic acids is 1. The van der Waals surface area contributed by atoms with Gasteiger partial charge in [-0.15, -0.1) is 25.3 Å². The number of pyridine rings is 8. The van der Waals surface area contributed by atoms with Crippen molar-refractivity contribution in [3.8, 4) is 0 Å². The highest BCUT2D eigenvalue weighted by atomic mass is 16.6. The number of carboxylic acids is 1. The number of fused-ring (bicyclic) bond motifs is 8. The van der Waals surface area contributed by atoms with E-state index >= 15 is 0 Å². The average molecular weight is 1860 g/mol. The van der Waals surface area contributed by atoms with Crippen molar-refractivity contribution in [2.45, 2.75) is 233 Å². The Morgan fingerprint density at radius 1 is 0.457 bits per heavy atom. The number of nitrogens with zero attached hydrogens (tertiary/aromatic N) is 25. The van der Waals surface area contributed by atoms with Crippen LogP contribution in [0.5, 0.6) is 0 Å². The van der Waals surface area contributed by atoms with Gasteiger partial charge in [0.05, 0.1) is 90.3 Å². The van der Waals surface area contributed by atoms with Gasteiger partial charge in [0.1, 0.15) is 57.5 Å². The first-order valence-electron chi connectivity index (χ1n) is 46.0. The summed E-state index contributed by atoms with van der Waals surface area (Å²) < 4.78 is 28.5. The Kier molecular flexibility index (Phi) is 28.2. The molecular weight excluding hydrogens is 1750 g/mol. The summed E-state index contributed by atoms with van der Waals surface area (Å²) in [4.78, 5) is 117. The second kappa shape index (κ2) is 40.8. The number of anilines is 2. The summed E-state index contributed by atoms with van der Waals surface area (Å²) in [5.41, 5.74) is 26.2. The van der Waals surface area contributed by atoms with Crippen LogP contribution in [0.1, 0.15) is 261 Å². The van der Waals surface area contributed by atoms with Crippen LogP contribution in [0, 0.1) is 13.1 Å². The first kappa shape index (κ1) is 95.4. The quantitative estimate of drug-likeness (QED) is 0.0431. The predicted octanol–water partition coefficient (Wildman–Crippen LogP) is 17.5. The molecule has 138 heavy (non-hydrogen) atoms. The van der Waals surface area contributed by atoms with E-state index in [1.54, 1.807) is 68.5 Å². The fourth-order valence-electron chi connectivity index (χ4n) is 16.4. The normalized spacial score (nSPS) is 14.3. The standard InChI is InChI=1S/C28H31N7O3.C24H24N6O.C14H13N5O2.C13H13N3O2.C13H19N3O2.C9H6N2.CH4/c1-28(2,3)38-27(37)35-11-10-19-12-21(29-13-24(19)35)7-8-25(36)23-17-34(32-31-23)16-22-15-33-14-20(18-4-5-18)6-9-26(33)30-22;31-23(8-7-20-10-17-2-1-3-18(17)11-25-20)22-15-30(28-27-22)14-21-13-29-12-19(16-4-5-16)6-9-24(29)26-21;20-14(21)12-8-19(17-16-12)7-11-6-18-5-10(9-1-2-9)3-4-13(18)15-11;1-13(2,3)18-12(17)16-6-5-9-7-11(14-4)15-8-10(9)16;1-13(2,3)18-12(17)16-5-4-9-6-10(7-14)15-8-11(9)16;1-10-9-5-7-3-2-4-8(7)6-11-9;/h6,9,12-15,17-18H,4-5,7-8,10-11,16H2,1-3H3;6,9-13,15-16H,1-5,7-8,14H2;3-6,8-9H,1-2,7H2,(H,20,21);5-8H,1-3H3;6,8H,4-5,7,14H2,1-3H3;2-3,5-6H,4H2;1H4. The topological polar surface area (TPSA) is 405 Å². The molecule has 2 amide bonds. The van der Waals surface area contributed by atoms with Crippen LogP contribution in [0.2, 0.25) is 0 Å². The highest BCUT2D eigenvalue weighted by Gasteiger charge is 2.34. The number of nitrogens with two attached hydrogens (primary N) is 1. The van der Waals surface area contributed by atoms with Gasteiger partial charge in [0, 0.05) is 99.0 Å². The number of carbonyl (C=O) groups is 6. The van der Waals surface area contributed by atoms with Gasteiger partial charge in [0.15, 0.2) is 17.3 Å². The van der Waals surface area contributed by atoms with Crippen LogP contribution < -0.4 is 15.5 Å². The monoisotopic (exact) mass is 1860 g/mol. The van der Waals surface area contributed by atoms with E-state index in [-0.39, 0.29) is 43.3 Å². The third-order valence-electron chi connectivity index (χ3n) is 23.6. The molecular formula is C102H110N26O10. The van der Waals surface area contributed by atoms with Crippen LogP contribution in [0.4, 0.5) is 37.4 Å². The maximum Gasteiger partial charge on any atom is 0.419 e. The number of ether oxygens (including phenoxy) is 3. The molecule has 3 N–H and O–H groups in total. The van der Waals surface area contributed by atoms with Gasteiger partial charge in [-0.3, -0.25) is 34.3 Å². The summed E-state index contributed by atoms with van der Waals surface area (Å²) in [7, 11) is 0. The van der Waals surface area contributed by atoms with Crippen LogP contribution in [-0.2, 0) is 85.3 Å². The molecule has 22 rings (SSSR count). The van der Waals surface area contributed by atoms with Crippen molar-refractivity contribution in [2.24, 2.45) is 5.73 Å². The van der Waals surface area contributed by atoms with Crippen molar-refractivity contribution >= 4 is 92.7 Å². The molecule has 3 fully saturated rings. The number of Topliss-reactive ketones (excluding diaryl/α,β-unsaturated/α-hetero) is 2. The van der Waals surface area contributed by atoms with Crippen molar-refractivity contribution in [2.75, 3.05) is 22.9 Å². The zero-order chi connectivity index (χ0) is 96.0. The SMILES string of the molecule is C.CC(C)(C)OC(=O)N1CCc2cc(CCC(=O)c3cn(Cc4cn5cc(C6CC6)ccc5n4)nn3)ncc21.CC(C)(C)OC(=O)N1CCc2cc(CN)ncc21.O=C(CCc1cc2c(cn1)CCC2)c1cn(Cc2cn3cc(C4CC4)ccc3n2)nn1.O=C(O)c1cn(Cc2cn3cc(C4CC4)ccc3n2)nn1.[C-]#[N+]c1cc2c(cn1)CC=C2.[C-]#[N+]c1cc2ccn(C(=O)OC(C)(C)C)c2cn1. The third-order valence-corrected chi connectivity index (χ3v) is 23.6. The van der Waals surface area contributed by atoms with E-state index in [1.165, 1.54) is 100.0 Å². The van der Waals surface area contributed by atoms with Gasteiger partial charge in [-0.25, -0.2) is 52.7 Å². The lowest BCUT2D eigenvalue weighted by Crippen LogP contribution is -2.35. The van der Waals surface area contributed by atoms with Gasteiger partial charge in [-0.2, -0.15) is 0 Å². The molecule has 0 saturated heterocycles. The van der Waals surface area contributed by atoms with E-state index in [1.807, 2.05) is 122 Å². The summed E-state index contributed by atoms with van der Waals surface area (Å²) in [5.74, 6) is 1.73. The van der Waals surface area contributed by atoms with E-state index in [0.717, 1.165) is 117 Å². The van der Waals surface area contributed by atoms with Crippen LogP contribution in [0.25, 0.3) is 43.6 Å². The number of hydrogen-bond donors (Lipinski definition) is 2. The van der Waals surface area contributed by atoms with Crippen LogP contribution in [-0.4, -0.2) is 173 Å². The van der Waals surface area contributed by atoms with Gasteiger partial charge in [-0.1, -0.05) is 66.6 Å². The zero-order valence-corrected chi connectivity index (χ0v) is 77.9. The molecule has 36 heteroatoms. The first-order chi connectivity index (χ1) is 65.8. The largest absolute Gasteiger partial charge is 0.476 e. The number of amides is 2. The fourth-order valence-corrected chi connectivity index (χ4v) is 16.4. The number of carbonyl (C=O) groups excluding carboxylic acids is 5. The van der Waals surface area contributed by atoms with Gasteiger partial charge < -0.3 is 47.9 Å². The second-order valence-corrected chi connectivity index (χ2v) is 38.0. The summed E-state index contributed by atoms with van der Waals surface area (Å²) in [6, 6.07) is 23.9. The molecule has 15 aromatic rings. The lowest BCUT2D eigenvalue weighted by Gasteiger charge is -2.24. The highest BCUT2D eigenvalue weighted by molar-refractivity contribution is 5.95. The summed E-state index contributed by atoms with van der Waals surface area (Å²) in [5, 5.41) is 33.5. The Morgan fingerprint density at radius 3 is 1.33 bits per heavy atom. The zero-order valence-electron chi connectivity index (χ0n) is 77.9. The van der Waals surface area contributed by atoms with Gasteiger partial charge in [0.25, 0.3) is 11.6 Å². The Labute approximate surface area is 797 Å². The number of hydrogen-bond acceptors (Lipinski definition) is 24. The molecule has 0 aromatic carbocycles.